The highest BCUT2D eigenvalue weighted by atomic mass is 16.5. The molecule has 0 aliphatic rings. The Morgan fingerprint density at radius 1 is 1.44 bits per heavy atom. The van der Waals surface area contributed by atoms with E-state index in [1.807, 2.05) is 25.1 Å². The molecule has 1 aromatic carbocycles. The Bertz CT molecular complexity index is 508. The molecular weight excluding hydrogens is 232 g/mol. The van der Waals surface area contributed by atoms with Crippen LogP contribution in [0.15, 0.2) is 28.8 Å². The molecule has 5 nitrogen and oxygen atoms in total. The molecule has 0 bridgehead atoms. The van der Waals surface area contributed by atoms with Crippen LogP contribution in [0.4, 0.5) is 0 Å². The minimum absolute atomic E-state index is 0.257. The molecule has 0 radical (unpaired) electrons. The molecule has 2 rings (SSSR count). The van der Waals surface area contributed by atoms with Crippen molar-refractivity contribution in [1.29, 1.82) is 0 Å². The van der Waals surface area contributed by atoms with Gasteiger partial charge < -0.3 is 14.4 Å². The standard InChI is InChI=1S/C13H16N2O3/c1-3-13-14-12(15-18-13)8-17-11-6-4-5-10(7-11)9(2)16/h4-7,9,16H,3,8H2,1-2H3. The summed E-state index contributed by atoms with van der Waals surface area (Å²) in [6.07, 6.45) is 0.204. The SMILES string of the molecule is CCc1nc(COc2cccc(C(C)O)c2)no1. The molecule has 96 valence electrons. The number of ether oxygens (including phenoxy) is 1. The van der Waals surface area contributed by atoms with Gasteiger partial charge in [0.15, 0.2) is 6.61 Å². The smallest absolute Gasteiger partial charge is 0.226 e. The van der Waals surface area contributed by atoms with Crippen molar-refractivity contribution in [3.8, 4) is 5.75 Å². The Labute approximate surface area is 105 Å². The van der Waals surface area contributed by atoms with E-state index in [1.165, 1.54) is 0 Å². The lowest BCUT2D eigenvalue weighted by Gasteiger charge is -2.07. The van der Waals surface area contributed by atoms with Crippen molar-refractivity contribution in [1.82, 2.24) is 10.1 Å². The van der Waals surface area contributed by atoms with Crippen LogP contribution in [0.25, 0.3) is 0 Å². The van der Waals surface area contributed by atoms with Crippen LogP contribution in [0.3, 0.4) is 0 Å². The quantitative estimate of drug-likeness (QED) is 0.879. The van der Waals surface area contributed by atoms with Crippen LogP contribution in [0, 0.1) is 0 Å². The van der Waals surface area contributed by atoms with E-state index in [2.05, 4.69) is 10.1 Å². The minimum atomic E-state index is -0.509. The van der Waals surface area contributed by atoms with Gasteiger partial charge in [-0.15, -0.1) is 0 Å². The highest BCUT2D eigenvalue weighted by Gasteiger charge is 2.06. The average Bonchev–Trinajstić information content (AvgIpc) is 2.84. The lowest BCUT2D eigenvalue weighted by atomic mass is 10.1. The van der Waals surface area contributed by atoms with E-state index in [1.54, 1.807) is 13.0 Å². The molecule has 1 heterocycles. The van der Waals surface area contributed by atoms with Gasteiger partial charge in [-0.1, -0.05) is 24.2 Å². The first-order valence-electron chi connectivity index (χ1n) is 5.91. The molecule has 0 saturated heterocycles. The molecule has 18 heavy (non-hydrogen) atoms. The maximum Gasteiger partial charge on any atom is 0.226 e. The Kier molecular flexibility index (Phi) is 3.94. The first-order chi connectivity index (χ1) is 8.69. The highest BCUT2D eigenvalue weighted by Crippen LogP contribution is 2.19. The number of hydrogen-bond acceptors (Lipinski definition) is 5. The van der Waals surface area contributed by atoms with Gasteiger partial charge in [-0.05, 0) is 24.6 Å². The van der Waals surface area contributed by atoms with Gasteiger partial charge in [0.25, 0.3) is 0 Å². The van der Waals surface area contributed by atoms with Crippen LogP contribution in [0.1, 0.15) is 37.2 Å². The summed E-state index contributed by atoms with van der Waals surface area (Å²) < 4.78 is 10.5. The lowest BCUT2D eigenvalue weighted by molar-refractivity contribution is 0.198. The fraction of sp³-hybridized carbons (Fsp3) is 0.385. The summed E-state index contributed by atoms with van der Waals surface area (Å²) in [7, 11) is 0. The average molecular weight is 248 g/mol. The van der Waals surface area contributed by atoms with E-state index in [-0.39, 0.29) is 6.61 Å². The summed E-state index contributed by atoms with van der Waals surface area (Å²) in [5.41, 5.74) is 0.815. The van der Waals surface area contributed by atoms with Crippen molar-refractivity contribution in [3.63, 3.8) is 0 Å². The second-order valence-corrected chi connectivity index (χ2v) is 4.00. The van der Waals surface area contributed by atoms with Gasteiger partial charge in [0.1, 0.15) is 5.75 Å². The van der Waals surface area contributed by atoms with Crippen molar-refractivity contribution in [3.05, 3.63) is 41.5 Å². The summed E-state index contributed by atoms with van der Waals surface area (Å²) in [6, 6.07) is 7.31. The van der Waals surface area contributed by atoms with Crippen molar-refractivity contribution in [2.75, 3.05) is 0 Å². The normalized spacial score (nSPS) is 12.4. The molecule has 0 aliphatic carbocycles. The van der Waals surface area contributed by atoms with Crippen LogP contribution in [0.5, 0.6) is 5.75 Å². The van der Waals surface area contributed by atoms with Gasteiger partial charge in [-0.25, -0.2) is 0 Å². The Morgan fingerprint density at radius 3 is 2.94 bits per heavy atom. The van der Waals surface area contributed by atoms with E-state index < -0.39 is 6.10 Å². The molecule has 0 aliphatic heterocycles. The van der Waals surface area contributed by atoms with E-state index >= 15 is 0 Å². The molecular formula is C13H16N2O3. The molecule has 1 N–H and O–H groups in total. The van der Waals surface area contributed by atoms with Crippen LogP contribution in [-0.4, -0.2) is 15.2 Å². The van der Waals surface area contributed by atoms with Crippen molar-refractivity contribution in [2.24, 2.45) is 0 Å². The maximum atomic E-state index is 9.47. The van der Waals surface area contributed by atoms with Gasteiger partial charge in [-0.2, -0.15) is 4.98 Å². The zero-order valence-electron chi connectivity index (χ0n) is 10.5. The molecule has 1 unspecified atom stereocenters. The first-order valence-corrected chi connectivity index (χ1v) is 5.91. The molecule has 0 fully saturated rings. The topological polar surface area (TPSA) is 68.4 Å². The zero-order chi connectivity index (χ0) is 13.0. The third-order valence-electron chi connectivity index (χ3n) is 2.52. The van der Waals surface area contributed by atoms with Crippen molar-refractivity contribution < 1.29 is 14.4 Å². The second-order valence-electron chi connectivity index (χ2n) is 4.00. The van der Waals surface area contributed by atoms with Gasteiger partial charge in [0, 0.05) is 6.42 Å². The largest absolute Gasteiger partial charge is 0.485 e. The molecule has 0 spiro atoms. The van der Waals surface area contributed by atoms with E-state index in [4.69, 9.17) is 9.26 Å². The summed E-state index contributed by atoms with van der Waals surface area (Å²) in [6.45, 7) is 3.92. The van der Waals surface area contributed by atoms with Crippen molar-refractivity contribution in [2.45, 2.75) is 33.0 Å². The number of rotatable bonds is 5. The Morgan fingerprint density at radius 2 is 2.28 bits per heavy atom. The number of hydrogen-bond donors (Lipinski definition) is 1. The van der Waals surface area contributed by atoms with Crippen molar-refractivity contribution >= 4 is 0 Å². The number of aryl methyl sites for hydroxylation is 1. The van der Waals surface area contributed by atoms with Gasteiger partial charge in [-0.3, -0.25) is 0 Å². The zero-order valence-corrected chi connectivity index (χ0v) is 10.5. The molecule has 1 atom stereocenters. The molecule has 1 aromatic heterocycles. The highest BCUT2D eigenvalue weighted by molar-refractivity contribution is 5.29. The fourth-order valence-electron chi connectivity index (χ4n) is 1.50. The molecule has 0 saturated carbocycles. The van der Waals surface area contributed by atoms with Crippen LogP contribution >= 0.6 is 0 Å². The minimum Gasteiger partial charge on any atom is -0.485 e. The number of aliphatic hydroxyl groups excluding tert-OH is 1. The molecule has 5 heteroatoms. The number of aliphatic hydroxyl groups is 1. The van der Waals surface area contributed by atoms with Crippen LogP contribution < -0.4 is 4.74 Å². The molecule has 2 aromatic rings. The molecule has 0 amide bonds. The summed E-state index contributed by atoms with van der Waals surface area (Å²) in [5, 5.41) is 13.3. The Balaban J connectivity index is 1.99. The van der Waals surface area contributed by atoms with E-state index in [0.717, 1.165) is 5.56 Å². The lowest BCUT2D eigenvalue weighted by Crippen LogP contribution is -1.99. The predicted molar refractivity (Wildman–Crippen MR) is 65.1 cm³/mol. The summed E-state index contributed by atoms with van der Waals surface area (Å²) >= 11 is 0. The monoisotopic (exact) mass is 248 g/mol. The van der Waals surface area contributed by atoms with Crippen LogP contribution in [0.2, 0.25) is 0 Å². The number of benzene rings is 1. The predicted octanol–water partition coefficient (Wildman–Crippen LogP) is 2.26. The van der Waals surface area contributed by atoms with Gasteiger partial charge in [0.2, 0.25) is 11.7 Å². The summed E-state index contributed by atoms with van der Waals surface area (Å²) in [4.78, 5) is 4.15. The second kappa shape index (κ2) is 5.64. The maximum absolute atomic E-state index is 9.47. The Hall–Kier alpha value is -1.88. The third-order valence-corrected chi connectivity index (χ3v) is 2.52. The van der Waals surface area contributed by atoms with Gasteiger partial charge >= 0.3 is 0 Å². The van der Waals surface area contributed by atoms with E-state index in [0.29, 0.717) is 23.9 Å². The summed E-state index contributed by atoms with van der Waals surface area (Å²) in [5.74, 6) is 1.80. The first kappa shape index (κ1) is 12.6. The number of nitrogens with zero attached hydrogens (tertiary/aromatic N) is 2. The third kappa shape index (κ3) is 3.07. The van der Waals surface area contributed by atoms with Crippen LogP contribution in [-0.2, 0) is 13.0 Å². The van der Waals surface area contributed by atoms with Gasteiger partial charge in [0.05, 0.1) is 6.10 Å². The fourth-order valence-corrected chi connectivity index (χ4v) is 1.50. The number of aromatic nitrogens is 2. The van der Waals surface area contributed by atoms with E-state index in [9.17, 15) is 5.11 Å².